The van der Waals surface area contributed by atoms with Gasteiger partial charge >= 0.3 is 0 Å². The molecule has 8 heteroatoms. The van der Waals surface area contributed by atoms with Crippen molar-refractivity contribution in [2.45, 2.75) is 6.92 Å². The summed E-state index contributed by atoms with van der Waals surface area (Å²) in [6.45, 7) is 4.60. The van der Waals surface area contributed by atoms with Crippen LogP contribution in [0.1, 0.15) is 5.69 Å². The number of thiophene rings is 1. The Labute approximate surface area is 136 Å². The van der Waals surface area contributed by atoms with Gasteiger partial charge in [-0.05, 0) is 18.4 Å². The number of fused-ring (bicyclic) bond motifs is 1. The number of hydrogen-bond acceptors (Lipinski definition) is 7. The lowest BCUT2D eigenvalue weighted by Gasteiger charge is -2.36. The van der Waals surface area contributed by atoms with E-state index in [1.807, 2.05) is 16.3 Å². The minimum Gasteiger partial charge on any atom is -0.352 e. The first kappa shape index (κ1) is 14.3. The van der Waals surface area contributed by atoms with E-state index in [9.17, 15) is 4.39 Å². The van der Waals surface area contributed by atoms with Crippen LogP contribution in [0.4, 0.5) is 16.0 Å². The Kier molecular flexibility index (Phi) is 3.53. The minimum absolute atomic E-state index is 0.330. The summed E-state index contributed by atoms with van der Waals surface area (Å²) in [5.41, 5.74) is 1.36. The number of nitrogens with zero attached hydrogens (tertiary/aromatic N) is 6. The zero-order chi connectivity index (χ0) is 15.8. The molecule has 0 bridgehead atoms. The molecule has 3 aromatic heterocycles. The van der Waals surface area contributed by atoms with Crippen molar-refractivity contribution in [3.8, 4) is 0 Å². The molecule has 1 aliphatic heterocycles. The van der Waals surface area contributed by atoms with Gasteiger partial charge in [0.2, 0.25) is 0 Å². The van der Waals surface area contributed by atoms with E-state index in [1.165, 1.54) is 6.33 Å². The fraction of sp³-hybridized carbons (Fsp3) is 0.333. The molecule has 0 spiro atoms. The van der Waals surface area contributed by atoms with Crippen LogP contribution in [-0.2, 0) is 0 Å². The molecule has 1 aliphatic rings. The molecule has 4 rings (SSSR count). The third-order valence-corrected chi connectivity index (χ3v) is 4.95. The van der Waals surface area contributed by atoms with Gasteiger partial charge in [0.15, 0.2) is 11.6 Å². The van der Waals surface area contributed by atoms with E-state index in [-0.39, 0.29) is 5.82 Å². The quantitative estimate of drug-likeness (QED) is 0.718. The van der Waals surface area contributed by atoms with Gasteiger partial charge in [-0.3, -0.25) is 0 Å². The van der Waals surface area contributed by atoms with Gasteiger partial charge in [0.25, 0.3) is 0 Å². The standard InChI is InChI=1S/C15H15FN6S/c1-10-12(16)14(19-8-17-10)21-3-5-22(6-4-21)15-13-11(2-7-23-13)18-9-20-15/h2,7-9H,3-6H2,1H3. The lowest BCUT2D eigenvalue weighted by Crippen LogP contribution is -2.47. The zero-order valence-electron chi connectivity index (χ0n) is 12.6. The summed E-state index contributed by atoms with van der Waals surface area (Å²) in [4.78, 5) is 20.9. The van der Waals surface area contributed by atoms with Gasteiger partial charge in [-0.1, -0.05) is 0 Å². The Morgan fingerprint density at radius 1 is 0.957 bits per heavy atom. The molecule has 1 fully saturated rings. The number of anilines is 2. The summed E-state index contributed by atoms with van der Waals surface area (Å²) in [6, 6.07) is 2.00. The van der Waals surface area contributed by atoms with Gasteiger partial charge in [-0.2, -0.15) is 0 Å². The van der Waals surface area contributed by atoms with Crippen LogP contribution in [0.5, 0.6) is 0 Å². The predicted octanol–water partition coefficient (Wildman–Crippen LogP) is 2.26. The molecule has 0 unspecified atom stereocenters. The summed E-state index contributed by atoms with van der Waals surface area (Å²) in [7, 11) is 0. The molecule has 118 valence electrons. The van der Waals surface area contributed by atoms with Gasteiger partial charge < -0.3 is 9.80 Å². The van der Waals surface area contributed by atoms with E-state index in [0.717, 1.165) is 29.1 Å². The first-order chi connectivity index (χ1) is 11.2. The molecule has 3 aromatic rings. The third kappa shape index (κ3) is 2.48. The van der Waals surface area contributed by atoms with Crippen LogP contribution in [-0.4, -0.2) is 46.1 Å². The van der Waals surface area contributed by atoms with Crippen LogP contribution >= 0.6 is 11.3 Å². The van der Waals surface area contributed by atoms with Crippen molar-refractivity contribution in [1.82, 2.24) is 19.9 Å². The van der Waals surface area contributed by atoms with Crippen molar-refractivity contribution < 1.29 is 4.39 Å². The van der Waals surface area contributed by atoms with Crippen LogP contribution in [0, 0.1) is 12.7 Å². The number of halogens is 1. The van der Waals surface area contributed by atoms with Crippen molar-refractivity contribution in [1.29, 1.82) is 0 Å². The van der Waals surface area contributed by atoms with Gasteiger partial charge in [0.05, 0.1) is 15.9 Å². The highest BCUT2D eigenvalue weighted by Crippen LogP contribution is 2.29. The monoisotopic (exact) mass is 330 g/mol. The highest BCUT2D eigenvalue weighted by molar-refractivity contribution is 7.17. The van der Waals surface area contributed by atoms with E-state index in [1.54, 1.807) is 24.6 Å². The second-order valence-electron chi connectivity index (χ2n) is 5.40. The summed E-state index contributed by atoms with van der Waals surface area (Å²) < 4.78 is 15.3. The van der Waals surface area contributed by atoms with Crippen molar-refractivity contribution in [3.63, 3.8) is 0 Å². The Balaban J connectivity index is 1.55. The zero-order valence-corrected chi connectivity index (χ0v) is 13.4. The number of aryl methyl sites for hydroxylation is 1. The van der Waals surface area contributed by atoms with E-state index >= 15 is 0 Å². The molecule has 0 N–H and O–H groups in total. The van der Waals surface area contributed by atoms with Crippen LogP contribution in [0.2, 0.25) is 0 Å². The Hall–Kier alpha value is -2.35. The third-order valence-electron chi connectivity index (χ3n) is 4.05. The molecule has 0 radical (unpaired) electrons. The van der Waals surface area contributed by atoms with Crippen LogP contribution in [0.15, 0.2) is 24.1 Å². The number of hydrogen-bond donors (Lipinski definition) is 0. The Morgan fingerprint density at radius 3 is 2.39 bits per heavy atom. The van der Waals surface area contributed by atoms with Crippen molar-refractivity contribution >= 4 is 33.2 Å². The van der Waals surface area contributed by atoms with Gasteiger partial charge in [-0.15, -0.1) is 11.3 Å². The fourth-order valence-electron chi connectivity index (χ4n) is 2.80. The van der Waals surface area contributed by atoms with Crippen molar-refractivity contribution in [2.75, 3.05) is 36.0 Å². The maximum absolute atomic E-state index is 14.2. The second-order valence-corrected chi connectivity index (χ2v) is 6.32. The summed E-state index contributed by atoms with van der Waals surface area (Å²) >= 11 is 1.65. The van der Waals surface area contributed by atoms with E-state index < -0.39 is 0 Å². The average molecular weight is 330 g/mol. The number of aromatic nitrogens is 4. The SMILES string of the molecule is Cc1ncnc(N2CCN(c3ncnc4ccsc34)CC2)c1F. The molecule has 4 heterocycles. The highest BCUT2D eigenvalue weighted by atomic mass is 32.1. The van der Waals surface area contributed by atoms with Crippen LogP contribution in [0.3, 0.4) is 0 Å². The summed E-state index contributed by atoms with van der Waals surface area (Å²) in [6.07, 6.45) is 3.02. The number of rotatable bonds is 2. The van der Waals surface area contributed by atoms with Crippen molar-refractivity contribution in [2.24, 2.45) is 0 Å². The lowest BCUT2D eigenvalue weighted by molar-refractivity contribution is 0.573. The summed E-state index contributed by atoms with van der Waals surface area (Å²) in [5, 5.41) is 2.03. The molecule has 0 aromatic carbocycles. The number of piperazine rings is 1. The van der Waals surface area contributed by atoms with E-state index in [4.69, 9.17) is 0 Å². The molecule has 0 saturated carbocycles. The molecule has 1 saturated heterocycles. The normalized spacial score (nSPS) is 15.4. The fourth-order valence-corrected chi connectivity index (χ4v) is 3.66. The topological polar surface area (TPSA) is 58.0 Å². The van der Waals surface area contributed by atoms with E-state index in [0.29, 0.717) is 24.6 Å². The molecule has 0 amide bonds. The average Bonchev–Trinajstić information content (AvgIpc) is 3.06. The molecule has 6 nitrogen and oxygen atoms in total. The van der Waals surface area contributed by atoms with Gasteiger partial charge in [-0.25, -0.2) is 24.3 Å². The summed E-state index contributed by atoms with van der Waals surface area (Å²) in [5.74, 6) is 1.02. The molecule has 23 heavy (non-hydrogen) atoms. The van der Waals surface area contributed by atoms with Crippen molar-refractivity contribution in [3.05, 3.63) is 35.6 Å². The smallest absolute Gasteiger partial charge is 0.186 e. The van der Waals surface area contributed by atoms with Gasteiger partial charge in [0.1, 0.15) is 18.5 Å². The lowest BCUT2D eigenvalue weighted by atomic mass is 10.3. The maximum atomic E-state index is 14.2. The Morgan fingerprint density at radius 2 is 1.61 bits per heavy atom. The highest BCUT2D eigenvalue weighted by Gasteiger charge is 2.23. The first-order valence-corrected chi connectivity index (χ1v) is 8.27. The predicted molar refractivity (Wildman–Crippen MR) is 88.6 cm³/mol. The maximum Gasteiger partial charge on any atom is 0.186 e. The first-order valence-electron chi connectivity index (χ1n) is 7.39. The molecule has 0 atom stereocenters. The van der Waals surface area contributed by atoms with E-state index in [2.05, 4.69) is 24.8 Å². The van der Waals surface area contributed by atoms with Gasteiger partial charge in [0, 0.05) is 26.2 Å². The molecular weight excluding hydrogens is 315 g/mol. The molecule has 0 aliphatic carbocycles. The minimum atomic E-state index is -0.330. The van der Waals surface area contributed by atoms with Crippen LogP contribution < -0.4 is 9.80 Å². The Bertz CT molecular complexity index is 843. The van der Waals surface area contributed by atoms with Crippen LogP contribution in [0.25, 0.3) is 10.2 Å². The largest absolute Gasteiger partial charge is 0.352 e. The molecular formula is C15H15FN6S. The second kappa shape index (κ2) is 5.69.